The molecule has 0 bridgehead atoms. The van der Waals surface area contributed by atoms with E-state index in [1.807, 2.05) is 18.4 Å². The molecule has 4 heterocycles. The van der Waals surface area contributed by atoms with Crippen LogP contribution in [0.5, 0.6) is 5.88 Å². The molecule has 6 nitrogen and oxygen atoms in total. The zero-order chi connectivity index (χ0) is 17.1. The summed E-state index contributed by atoms with van der Waals surface area (Å²) in [6.45, 7) is 6.65. The quantitative estimate of drug-likeness (QED) is 0.828. The lowest BCUT2D eigenvalue weighted by Gasteiger charge is -2.23. The van der Waals surface area contributed by atoms with Gasteiger partial charge in [0.25, 0.3) is 0 Å². The maximum absolute atomic E-state index is 6.15. The van der Waals surface area contributed by atoms with Gasteiger partial charge in [-0.2, -0.15) is 0 Å². The molecule has 25 heavy (non-hydrogen) atoms. The molecule has 2 aliphatic heterocycles. The summed E-state index contributed by atoms with van der Waals surface area (Å²) in [5.74, 6) is 1.26. The molecule has 0 aliphatic carbocycles. The van der Waals surface area contributed by atoms with Crippen molar-refractivity contribution in [1.29, 1.82) is 0 Å². The van der Waals surface area contributed by atoms with Gasteiger partial charge in [-0.15, -0.1) is 0 Å². The Morgan fingerprint density at radius 2 is 2.12 bits per heavy atom. The van der Waals surface area contributed by atoms with Crippen molar-refractivity contribution < 1.29 is 13.9 Å². The van der Waals surface area contributed by atoms with Crippen molar-refractivity contribution in [2.75, 3.05) is 39.9 Å². The Bertz CT molecular complexity index is 676. The fourth-order valence-electron chi connectivity index (χ4n) is 3.93. The number of methoxy groups -OCH3 is 1. The second kappa shape index (κ2) is 7.56. The molecule has 4 rings (SSSR count). The van der Waals surface area contributed by atoms with Gasteiger partial charge in [0.1, 0.15) is 0 Å². The first-order valence-electron chi connectivity index (χ1n) is 8.87. The molecule has 134 valence electrons. The summed E-state index contributed by atoms with van der Waals surface area (Å²) in [6, 6.07) is 6.10. The normalized spacial score (nSPS) is 24.8. The SMILES string of the molecule is COc1ncccc1CN1C[C@@H]2CN(Cc3ccoc3)CCO[C@@H]2C1. The van der Waals surface area contributed by atoms with Gasteiger partial charge < -0.3 is 13.9 Å². The number of nitrogens with zero attached hydrogens (tertiary/aromatic N) is 3. The molecule has 2 saturated heterocycles. The Morgan fingerprint density at radius 1 is 1.20 bits per heavy atom. The second-order valence-corrected chi connectivity index (χ2v) is 6.90. The molecule has 2 fully saturated rings. The summed E-state index contributed by atoms with van der Waals surface area (Å²) in [7, 11) is 1.68. The Balaban J connectivity index is 1.38. The number of furan rings is 1. The van der Waals surface area contributed by atoms with Crippen LogP contribution in [-0.4, -0.2) is 60.8 Å². The summed E-state index contributed by atoms with van der Waals surface area (Å²) in [6.07, 6.45) is 5.66. The molecule has 0 unspecified atom stereocenters. The van der Waals surface area contributed by atoms with Crippen LogP contribution >= 0.6 is 0 Å². The van der Waals surface area contributed by atoms with Gasteiger partial charge in [-0.05, 0) is 12.1 Å². The van der Waals surface area contributed by atoms with Crippen molar-refractivity contribution in [2.45, 2.75) is 19.2 Å². The van der Waals surface area contributed by atoms with Crippen LogP contribution < -0.4 is 4.74 Å². The van der Waals surface area contributed by atoms with Crippen LogP contribution in [0.25, 0.3) is 0 Å². The van der Waals surface area contributed by atoms with Gasteiger partial charge in [-0.25, -0.2) is 4.98 Å². The average molecular weight is 343 g/mol. The molecule has 0 saturated carbocycles. The standard InChI is InChI=1S/C19H25N3O3/c1-23-19-16(3-2-5-20-19)10-22-12-17-11-21(6-8-25-18(17)13-22)9-15-4-7-24-14-15/h2-5,7,14,17-18H,6,8-13H2,1H3/t17-,18+/m0/s1. The van der Waals surface area contributed by atoms with Crippen LogP contribution in [0.15, 0.2) is 41.3 Å². The van der Waals surface area contributed by atoms with E-state index < -0.39 is 0 Å². The van der Waals surface area contributed by atoms with E-state index in [0.717, 1.165) is 57.3 Å². The molecule has 0 aromatic carbocycles. The van der Waals surface area contributed by atoms with Crippen molar-refractivity contribution in [3.8, 4) is 5.88 Å². The predicted octanol–water partition coefficient (Wildman–Crippen LogP) is 2.02. The predicted molar refractivity (Wildman–Crippen MR) is 93.3 cm³/mol. The minimum absolute atomic E-state index is 0.317. The summed E-state index contributed by atoms with van der Waals surface area (Å²) in [4.78, 5) is 9.23. The Labute approximate surface area is 148 Å². The highest BCUT2D eigenvalue weighted by atomic mass is 16.5. The molecule has 0 amide bonds. The number of hydrogen-bond donors (Lipinski definition) is 0. The van der Waals surface area contributed by atoms with E-state index in [9.17, 15) is 0 Å². The highest BCUT2D eigenvalue weighted by Gasteiger charge is 2.36. The highest BCUT2D eigenvalue weighted by Crippen LogP contribution is 2.27. The number of pyridine rings is 1. The smallest absolute Gasteiger partial charge is 0.217 e. The maximum Gasteiger partial charge on any atom is 0.217 e. The van der Waals surface area contributed by atoms with Gasteiger partial charge in [0, 0.05) is 62.5 Å². The zero-order valence-corrected chi connectivity index (χ0v) is 14.6. The van der Waals surface area contributed by atoms with Crippen LogP contribution in [0.3, 0.4) is 0 Å². The third-order valence-electron chi connectivity index (χ3n) is 5.11. The first-order valence-corrected chi connectivity index (χ1v) is 8.87. The number of ether oxygens (including phenoxy) is 2. The summed E-state index contributed by atoms with van der Waals surface area (Å²) in [5, 5.41) is 0. The Hall–Kier alpha value is -1.89. The largest absolute Gasteiger partial charge is 0.481 e. The van der Waals surface area contributed by atoms with Gasteiger partial charge in [0.15, 0.2) is 0 Å². The summed E-state index contributed by atoms with van der Waals surface area (Å²) in [5.41, 5.74) is 2.37. The number of rotatable bonds is 5. The lowest BCUT2D eigenvalue weighted by Crippen LogP contribution is -2.32. The molecule has 2 atom stereocenters. The van der Waals surface area contributed by atoms with Gasteiger partial charge in [-0.1, -0.05) is 6.07 Å². The number of likely N-dealkylation sites (tertiary alicyclic amines) is 1. The van der Waals surface area contributed by atoms with E-state index in [1.54, 1.807) is 19.6 Å². The van der Waals surface area contributed by atoms with Crippen molar-refractivity contribution in [1.82, 2.24) is 14.8 Å². The lowest BCUT2D eigenvalue weighted by atomic mass is 10.1. The third kappa shape index (κ3) is 3.86. The van der Waals surface area contributed by atoms with E-state index in [4.69, 9.17) is 13.9 Å². The lowest BCUT2D eigenvalue weighted by molar-refractivity contribution is 0.0509. The van der Waals surface area contributed by atoms with Gasteiger partial charge in [-0.3, -0.25) is 9.80 Å². The Morgan fingerprint density at radius 3 is 2.96 bits per heavy atom. The van der Waals surface area contributed by atoms with E-state index in [2.05, 4.69) is 20.9 Å². The fourth-order valence-corrected chi connectivity index (χ4v) is 3.93. The van der Waals surface area contributed by atoms with Crippen molar-refractivity contribution in [2.24, 2.45) is 5.92 Å². The maximum atomic E-state index is 6.15. The van der Waals surface area contributed by atoms with E-state index in [-0.39, 0.29) is 0 Å². The summed E-state index contributed by atoms with van der Waals surface area (Å²) >= 11 is 0. The van der Waals surface area contributed by atoms with Crippen molar-refractivity contribution in [3.05, 3.63) is 48.0 Å². The molecule has 2 aromatic heterocycles. The molecule has 2 aromatic rings. The summed E-state index contributed by atoms with van der Waals surface area (Å²) < 4.78 is 16.7. The number of fused-ring (bicyclic) bond motifs is 1. The second-order valence-electron chi connectivity index (χ2n) is 6.90. The molecule has 0 radical (unpaired) electrons. The molecule has 6 heteroatoms. The number of aromatic nitrogens is 1. The fraction of sp³-hybridized carbons (Fsp3) is 0.526. The van der Waals surface area contributed by atoms with Crippen LogP contribution in [-0.2, 0) is 17.8 Å². The van der Waals surface area contributed by atoms with Crippen molar-refractivity contribution in [3.63, 3.8) is 0 Å². The number of hydrogen-bond acceptors (Lipinski definition) is 6. The average Bonchev–Trinajstić information content (AvgIpc) is 3.22. The molecule has 2 aliphatic rings. The highest BCUT2D eigenvalue weighted by molar-refractivity contribution is 5.25. The van der Waals surface area contributed by atoms with E-state index in [1.165, 1.54) is 5.56 Å². The topological polar surface area (TPSA) is 51.0 Å². The van der Waals surface area contributed by atoms with E-state index >= 15 is 0 Å². The first-order chi connectivity index (χ1) is 12.3. The van der Waals surface area contributed by atoms with Gasteiger partial charge in [0.2, 0.25) is 5.88 Å². The van der Waals surface area contributed by atoms with Crippen molar-refractivity contribution >= 4 is 0 Å². The molecule has 0 N–H and O–H groups in total. The monoisotopic (exact) mass is 343 g/mol. The van der Waals surface area contributed by atoms with E-state index in [0.29, 0.717) is 12.0 Å². The van der Waals surface area contributed by atoms with Gasteiger partial charge >= 0.3 is 0 Å². The molecular weight excluding hydrogens is 318 g/mol. The third-order valence-corrected chi connectivity index (χ3v) is 5.11. The van der Waals surface area contributed by atoms with Crippen LogP contribution in [0.1, 0.15) is 11.1 Å². The van der Waals surface area contributed by atoms with Gasteiger partial charge in [0.05, 0.1) is 32.3 Å². The molecule has 0 spiro atoms. The zero-order valence-electron chi connectivity index (χ0n) is 14.6. The van der Waals surface area contributed by atoms with Crippen LogP contribution in [0.2, 0.25) is 0 Å². The first kappa shape index (κ1) is 16.6. The Kier molecular flexibility index (Phi) is 5.01. The molecular formula is C19H25N3O3. The van der Waals surface area contributed by atoms with Crippen LogP contribution in [0.4, 0.5) is 0 Å². The minimum atomic E-state index is 0.317. The van der Waals surface area contributed by atoms with Crippen LogP contribution in [0, 0.1) is 5.92 Å². The minimum Gasteiger partial charge on any atom is -0.481 e.